The number of carbonyl (C=O) groups is 2. The summed E-state index contributed by atoms with van der Waals surface area (Å²) < 4.78 is 0. The minimum absolute atomic E-state index is 0. The molecule has 2 atom stereocenters. The van der Waals surface area contributed by atoms with E-state index in [0.717, 1.165) is 19.4 Å². The van der Waals surface area contributed by atoms with E-state index in [1.54, 1.807) is 6.07 Å². The number of amides is 2. The molecule has 112 valence electrons. The van der Waals surface area contributed by atoms with Crippen molar-refractivity contribution in [1.29, 1.82) is 0 Å². The lowest BCUT2D eigenvalue weighted by Gasteiger charge is -2.28. The van der Waals surface area contributed by atoms with Crippen LogP contribution in [0.1, 0.15) is 29.4 Å². The van der Waals surface area contributed by atoms with Gasteiger partial charge in [0.1, 0.15) is 0 Å². The molecule has 2 unspecified atom stereocenters. The van der Waals surface area contributed by atoms with Gasteiger partial charge in [0.2, 0.25) is 5.91 Å². The second kappa shape index (κ2) is 8.24. The van der Waals surface area contributed by atoms with Crippen LogP contribution in [0.4, 0.5) is 0 Å². The normalized spacial score (nSPS) is 21.6. The highest BCUT2D eigenvalue weighted by molar-refractivity contribution is 7.12. The van der Waals surface area contributed by atoms with Crippen LogP contribution in [0.25, 0.3) is 0 Å². The lowest BCUT2D eigenvalue weighted by atomic mass is 10.0. The first-order chi connectivity index (χ1) is 9.15. The van der Waals surface area contributed by atoms with Crippen LogP contribution >= 0.6 is 23.7 Å². The third-order valence-electron chi connectivity index (χ3n) is 3.14. The van der Waals surface area contributed by atoms with Gasteiger partial charge < -0.3 is 16.0 Å². The highest BCUT2D eigenvalue weighted by atomic mass is 35.5. The Bertz CT molecular complexity index is 439. The summed E-state index contributed by atoms with van der Waals surface area (Å²) >= 11 is 1.37. The van der Waals surface area contributed by atoms with E-state index >= 15 is 0 Å². The summed E-state index contributed by atoms with van der Waals surface area (Å²) in [7, 11) is 0. The van der Waals surface area contributed by atoms with E-state index in [2.05, 4.69) is 22.9 Å². The molecule has 1 aromatic heterocycles. The quantitative estimate of drug-likeness (QED) is 0.780. The number of carbonyl (C=O) groups excluding carboxylic acids is 2. The average molecular weight is 318 g/mol. The molecule has 1 saturated heterocycles. The van der Waals surface area contributed by atoms with Crippen LogP contribution in [0.5, 0.6) is 0 Å². The summed E-state index contributed by atoms with van der Waals surface area (Å²) in [5.41, 5.74) is 0. The van der Waals surface area contributed by atoms with Gasteiger partial charge in [0.15, 0.2) is 0 Å². The van der Waals surface area contributed by atoms with Crippen molar-refractivity contribution in [2.24, 2.45) is 0 Å². The highest BCUT2D eigenvalue weighted by Gasteiger charge is 2.20. The molecule has 7 heteroatoms. The van der Waals surface area contributed by atoms with Crippen molar-refractivity contribution in [1.82, 2.24) is 16.0 Å². The van der Waals surface area contributed by atoms with Crippen LogP contribution in [0.3, 0.4) is 0 Å². The molecule has 1 aliphatic heterocycles. The van der Waals surface area contributed by atoms with Gasteiger partial charge in [0, 0.05) is 12.1 Å². The predicted molar refractivity (Wildman–Crippen MR) is 82.5 cm³/mol. The van der Waals surface area contributed by atoms with Crippen LogP contribution in [0, 0.1) is 0 Å². The van der Waals surface area contributed by atoms with Crippen molar-refractivity contribution in [3.05, 3.63) is 22.4 Å². The van der Waals surface area contributed by atoms with Gasteiger partial charge in [0.05, 0.1) is 11.4 Å². The zero-order valence-electron chi connectivity index (χ0n) is 11.3. The zero-order valence-corrected chi connectivity index (χ0v) is 13.0. The predicted octanol–water partition coefficient (Wildman–Crippen LogP) is 1.16. The monoisotopic (exact) mass is 317 g/mol. The number of piperidine rings is 1. The zero-order chi connectivity index (χ0) is 13.7. The Morgan fingerprint density at radius 3 is 2.95 bits per heavy atom. The van der Waals surface area contributed by atoms with E-state index in [0.29, 0.717) is 10.9 Å². The summed E-state index contributed by atoms with van der Waals surface area (Å²) in [6, 6.07) is 4.20. The number of halogens is 1. The number of hydrogen-bond acceptors (Lipinski definition) is 4. The topological polar surface area (TPSA) is 70.2 Å². The molecular formula is C13H20ClN3O2S. The first-order valence-corrected chi connectivity index (χ1v) is 7.37. The fourth-order valence-electron chi connectivity index (χ4n) is 2.20. The van der Waals surface area contributed by atoms with Crippen LogP contribution in [-0.4, -0.2) is 37.0 Å². The summed E-state index contributed by atoms with van der Waals surface area (Å²) in [6.07, 6.45) is 1.87. The van der Waals surface area contributed by atoms with E-state index in [1.165, 1.54) is 11.3 Å². The maximum atomic E-state index is 11.7. The van der Waals surface area contributed by atoms with Crippen LogP contribution in [0.2, 0.25) is 0 Å². The van der Waals surface area contributed by atoms with Crippen molar-refractivity contribution in [3.8, 4) is 0 Å². The Morgan fingerprint density at radius 1 is 1.50 bits per heavy atom. The molecule has 3 N–H and O–H groups in total. The molecule has 0 aromatic carbocycles. The van der Waals surface area contributed by atoms with E-state index in [-0.39, 0.29) is 36.8 Å². The summed E-state index contributed by atoms with van der Waals surface area (Å²) in [5, 5.41) is 10.8. The molecule has 1 fully saturated rings. The molecule has 1 aromatic rings. The lowest BCUT2D eigenvalue weighted by molar-refractivity contribution is -0.121. The smallest absolute Gasteiger partial charge is 0.261 e. The number of hydrogen-bond donors (Lipinski definition) is 3. The molecule has 5 nitrogen and oxygen atoms in total. The minimum atomic E-state index is -0.191. The van der Waals surface area contributed by atoms with Gasteiger partial charge in [-0.15, -0.1) is 23.7 Å². The number of thiophene rings is 1. The van der Waals surface area contributed by atoms with E-state index in [9.17, 15) is 9.59 Å². The van der Waals surface area contributed by atoms with Gasteiger partial charge in [-0.25, -0.2) is 0 Å². The molecular weight excluding hydrogens is 298 g/mol. The summed E-state index contributed by atoms with van der Waals surface area (Å²) in [6.45, 7) is 3.07. The Balaban J connectivity index is 0.00000200. The molecule has 0 bridgehead atoms. The molecule has 1 aliphatic rings. The first kappa shape index (κ1) is 16.9. The van der Waals surface area contributed by atoms with Crippen molar-refractivity contribution in [3.63, 3.8) is 0 Å². The van der Waals surface area contributed by atoms with Gasteiger partial charge in [0.25, 0.3) is 5.91 Å². The second-order valence-electron chi connectivity index (χ2n) is 4.80. The Kier molecular flexibility index (Phi) is 6.98. The second-order valence-corrected chi connectivity index (χ2v) is 5.75. The molecule has 2 heterocycles. The minimum Gasteiger partial charge on any atom is -0.352 e. The summed E-state index contributed by atoms with van der Waals surface area (Å²) in [4.78, 5) is 24.0. The third kappa shape index (κ3) is 5.11. The first-order valence-electron chi connectivity index (χ1n) is 6.49. The molecule has 2 rings (SSSR count). The van der Waals surface area contributed by atoms with Gasteiger partial charge >= 0.3 is 0 Å². The van der Waals surface area contributed by atoms with Crippen molar-refractivity contribution < 1.29 is 9.59 Å². The highest BCUT2D eigenvalue weighted by Crippen LogP contribution is 2.08. The molecule has 0 saturated carbocycles. The van der Waals surface area contributed by atoms with Gasteiger partial charge in [-0.3, -0.25) is 9.59 Å². The van der Waals surface area contributed by atoms with Gasteiger partial charge in [-0.1, -0.05) is 6.07 Å². The van der Waals surface area contributed by atoms with Crippen LogP contribution in [-0.2, 0) is 4.79 Å². The standard InChI is InChI=1S/C13H19N3O2S.ClH/c1-9-7-10(4-5-14-9)16-12(17)8-15-13(18)11-3-2-6-19-11;/h2-3,6,9-10,14H,4-5,7-8H2,1H3,(H,15,18)(H,16,17);1H. The largest absolute Gasteiger partial charge is 0.352 e. The molecule has 0 radical (unpaired) electrons. The molecule has 0 aliphatic carbocycles. The number of rotatable bonds is 4. The Hall–Kier alpha value is -1.11. The van der Waals surface area contributed by atoms with E-state index < -0.39 is 0 Å². The fraction of sp³-hybridized carbons (Fsp3) is 0.538. The van der Waals surface area contributed by atoms with E-state index in [4.69, 9.17) is 0 Å². The van der Waals surface area contributed by atoms with Crippen LogP contribution in [0.15, 0.2) is 17.5 Å². The van der Waals surface area contributed by atoms with Crippen molar-refractivity contribution >= 4 is 35.6 Å². The van der Waals surface area contributed by atoms with Crippen molar-refractivity contribution in [2.45, 2.75) is 31.8 Å². The third-order valence-corrected chi connectivity index (χ3v) is 4.01. The molecule has 0 spiro atoms. The number of nitrogens with one attached hydrogen (secondary N) is 3. The maximum Gasteiger partial charge on any atom is 0.261 e. The SMILES string of the molecule is CC1CC(NC(=O)CNC(=O)c2cccs2)CCN1.Cl. The van der Waals surface area contributed by atoms with E-state index in [1.807, 2.05) is 11.4 Å². The van der Waals surface area contributed by atoms with Gasteiger partial charge in [-0.2, -0.15) is 0 Å². The molecule has 2 amide bonds. The lowest BCUT2D eigenvalue weighted by Crippen LogP contribution is -2.48. The Morgan fingerprint density at radius 2 is 2.30 bits per heavy atom. The molecule has 20 heavy (non-hydrogen) atoms. The summed E-state index contributed by atoms with van der Waals surface area (Å²) in [5.74, 6) is -0.312. The average Bonchev–Trinajstić information content (AvgIpc) is 2.90. The fourth-order valence-corrected chi connectivity index (χ4v) is 2.84. The van der Waals surface area contributed by atoms with Crippen molar-refractivity contribution in [2.75, 3.05) is 13.1 Å². The maximum absolute atomic E-state index is 11.7. The Labute approximate surface area is 128 Å². The van der Waals surface area contributed by atoms with Crippen LogP contribution < -0.4 is 16.0 Å². The van der Waals surface area contributed by atoms with Gasteiger partial charge in [-0.05, 0) is 37.8 Å².